The number of methoxy groups -OCH3 is 1. The minimum absolute atomic E-state index is 0.0695. The first-order valence-corrected chi connectivity index (χ1v) is 7.25. The molecule has 2 rings (SSSR count). The predicted octanol–water partition coefficient (Wildman–Crippen LogP) is 1.70. The van der Waals surface area contributed by atoms with Gasteiger partial charge < -0.3 is 15.2 Å². The third kappa shape index (κ3) is 4.07. The zero-order valence-corrected chi connectivity index (χ0v) is 13.0. The summed E-state index contributed by atoms with van der Waals surface area (Å²) in [7, 11) is 1.53. The van der Waals surface area contributed by atoms with Crippen LogP contribution in [0.5, 0.6) is 0 Å². The molecule has 22 heavy (non-hydrogen) atoms. The predicted molar refractivity (Wildman–Crippen MR) is 85.8 cm³/mol. The normalized spacial score (nSPS) is 12.1. The van der Waals surface area contributed by atoms with Crippen molar-refractivity contribution >= 4 is 17.3 Å². The van der Waals surface area contributed by atoms with Crippen molar-refractivity contribution in [3.8, 4) is 5.69 Å². The topological polar surface area (TPSA) is 76.4 Å². The van der Waals surface area contributed by atoms with Gasteiger partial charge in [-0.15, -0.1) is 0 Å². The van der Waals surface area contributed by atoms with Crippen molar-refractivity contribution in [1.29, 1.82) is 0 Å². The largest absolute Gasteiger partial charge is 0.391 e. The Labute approximate surface area is 133 Å². The summed E-state index contributed by atoms with van der Waals surface area (Å²) < 4.78 is 6.09. The second-order valence-corrected chi connectivity index (χ2v) is 5.13. The van der Waals surface area contributed by atoms with Crippen LogP contribution in [-0.4, -0.2) is 41.3 Å². The number of ether oxygens (including phenoxy) is 1. The van der Waals surface area contributed by atoms with Gasteiger partial charge in [-0.1, -0.05) is 29.8 Å². The molecule has 1 aromatic carbocycles. The molecular formula is C15H18ClN3O3. The van der Waals surface area contributed by atoms with Gasteiger partial charge in [0.1, 0.15) is 5.02 Å². The van der Waals surface area contributed by atoms with Crippen molar-refractivity contribution in [1.82, 2.24) is 9.78 Å². The number of aromatic nitrogens is 2. The van der Waals surface area contributed by atoms with Crippen LogP contribution in [-0.2, 0) is 4.74 Å². The molecule has 0 spiro atoms. The fraction of sp³-hybridized carbons (Fsp3) is 0.333. The first-order chi connectivity index (χ1) is 10.6. The minimum atomic E-state index is -0.561. The second kappa shape index (κ2) is 7.93. The molecule has 7 heteroatoms. The summed E-state index contributed by atoms with van der Waals surface area (Å²) in [6.45, 7) is 0.726. The maximum atomic E-state index is 12.2. The number of aliphatic hydroxyl groups is 1. The van der Waals surface area contributed by atoms with Crippen LogP contribution in [0.1, 0.15) is 6.42 Å². The zero-order valence-electron chi connectivity index (χ0n) is 12.2. The van der Waals surface area contributed by atoms with E-state index < -0.39 is 11.7 Å². The molecule has 0 aliphatic rings. The van der Waals surface area contributed by atoms with E-state index >= 15 is 0 Å². The molecule has 1 atom stereocenters. The quantitative estimate of drug-likeness (QED) is 0.811. The fourth-order valence-electron chi connectivity index (χ4n) is 1.96. The van der Waals surface area contributed by atoms with Gasteiger partial charge in [-0.25, -0.2) is 0 Å². The Hall–Kier alpha value is -1.89. The molecule has 0 saturated carbocycles. The van der Waals surface area contributed by atoms with Crippen LogP contribution in [0.2, 0.25) is 5.02 Å². The highest BCUT2D eigenvalue weighted by Gasteiger charge is 2.11. The average Bonchev–Trinajstić information content (AvgIpc) is 2.53. The van der Waals surface area contributed by atoms with E-state index in [4.69, 9.17) is 16.3 Å². The SMILES string of the molecule is COCC(O)CCNc1cnn(-c2ccccc2)c(=O)c1Cl. The molecule has 2 N–H and O–H groups in total. The van der Waals surface area contributed by atoms with Crippen LogP contribution in [0.15, 0.2) is 41.3 Å². The number of halogens is 1. The molecule has 0 aliphatic carbocycles. The van der Waals surface area contributed by atoms with Gasteiger partial charge in [-0.3, -0.25) is 4.79 Å². The molecule has 6 nitrogen and oxygen atoms in total. The molecule has 1 aromatic heterocycles. The van der Waals surface area contributed by atoms with E-state index in [9.17, 15) is 9.90 Å². The van der Waals surface area contributed by atoms with E-state index in [-0.39, 0.29) is 11.6 Å². The molecule has 1 unspecified atom stereocenters. The summed E-state index contributed by atoms with van der Waals surface area (Å²) in [5, 5.41) is 16.7. The Morgan fingerprint density at radius 1 is 1.41 bits per heavy atom. The van der Waals surface area contributed by atoms with Gasteiger partial charge in [0.25, 0.3) is 5.56 Å². The third-order valence-electron chi connectivity index (χ3n) is 3.07. The molecule has 0 saturated heterocycles. The highest BCUT2D eigenvalue weighted by atomic mass is 35.5. The summed E-state index contributed by atoms with van der Waals surface area (Å²) in [6.07, 6.45) is 1.42. The molecule has 118 valence electrons. The van der Waals surface area contributed by atoms with Crippen molar-refractivity contribution in [3.63, 3.8) is 0 Å². The fourth-order valence-corrected chi connectivity index (χ4v) is 2.15. The van der Waals surface area contributed by atoms with Crippen LogP contribution in [0.25, 0.3) is 5.69 Å². The van der Waals surface area contributed by atoms with E-state index in [1.54, 1.807) is 12.1 Å². The summed E-state index contributed by atoms with van der Waals surface area (Å²) in [5.41, 5.74) is 0.704. The minimum Gasteiger partial charge on any atom is -0.391 e. The Bertz CT molecular complexity index is 661. The first kappa shape index (κ1) is 16.5. The van der Waals surface area contributed by atoms with E-state index in [0.717, 1.165) is 0 Å². The smallest absolute Gasteiger partial charge is 0.292 e. The number of benzene rings is 1. The second-order valence-electron chi connectivity index (χ2n) is 4.75. The standard InChI is InChI=1S/C15H18ClN3O3/c1-22-10-12(20)7-8-17-13-9-18-19(15(21)14(13)16)11-5-3-2-4-6-11/h2-6,9,12,17,20H,7-8,10H2,1H3. The lowest BCUT2D eigenvalue weighted by molar-refractivity contribution is 0.0615. The zero-order chi connectivity index (χ0) is 15.9. The number of aliphatic hydroxyl groups excluding tert-OH is 1. The molecule has 2 aromatic rings. The molecule has 0 radical (unpaired) electrons. The average molecular weight is 324 g/mol. The molecule has 1 heterocycles. The number of hydrogen-bond acceptors (Lipinski definition) is 5. The maximum Gasteiger partial charge on any atom is 0.292 e. The summed E-state index contributed by atoms with van der Waals surface area (Å²) in [5.74, 6) is 0. The Morgan fingerprint density at radius 2 is 2.14 bits per heavy atom. The van der Waals surface area contributed by atoms with Gasteiger partial charge in [0.2, 0.25) is 0 Å². The van der Waals surface area contributed by atoms with Gasteiger partial charge in [-0.05, 0) is 18.6 Å². The van der Waals surface area contributed by atoms with E-state index in [0.29, 0.717) is 24.3 Å². The number of anilines is 1. The number of nitrogens with zero attached hydrogens (tertiary/aromatic N) is 2. The van der Waals surface area contributed by atoms with Crippen LogP contribution < -0.4 is 10.9 Å². The van der Waals surface area contributed by atoms with Crippen LogP contribution in [0.4, 0.5) is 5.69 Å². The summed E-state index contributed by atoms with van der Waals surface area (Å²) in [6, 6.07) is 9.05. The van der Waals surface area contributed by atoms with Gasteiger partial charge in [0.05, 0.1) is 30.3 Å². The number of hydrogen-bond donors (Lipinski definition) is 2. The lowest BCUT2D eigenvalue weighted by Gasteiger charge is -2.12. The van der Waals surface area contributed by atoms with Crippen LogP contribution in [0, 0.1) is 0 Å². The van der Waals surface area contributed by atoms with Crippen molar-refractivity contribution in [2.24, 2.45) is 0 Å². The highest BCUT2D eigenvalue weighted by Crippen LogP contribution is 2.16. The van der Waals surface area contributed by atoms with Gasteiger partial charge in [0.15, 0.2) is 0 Å². The van der Waals surface area contributed by atoms with E-state index in [2.05, 4.69) is 10.4 Å². The third-order valence-corrected chi connectivity index (χ3v) is 3.44. The van der Waals surface area contributed by atoms with Crippen molar-refractivity contribution < 1.29 is 9.84 Å². The Kier molecular flexibility index (Phi) is 5.94. The van der Waals surface area contributed by atoms with Gasteiger partial charge >= 0.3 is 0 Å². The monoisotopic (exact) mass is 323 g/mol. The first-order valence-electron chi connectivity index (χ1n) is 6.87. The molecule has 0 fully saturated rings. The summed E-state index contributed by atoms with van der Waals surface area (Å²) >= 11 is 6.10. The number of nitrogens with one attached hydrogen (secondary N) is 1. The maximum absolute atomic E-state index is 12.2. The van der Waals surface area contributed by atoms with Gasteiger partial charge in [0, 0.05) is 13.7 Å². The molecule has 0 aliphatic heterocycles. The molecular weight excluding hydrogens is 306 g/mol. The molecule has 0 bridgehead atoms. The molecule has 0 amide bonds. The van der Waals surface area contributed by atoms with Crippen molar-refractivity contribution in [3.05, 3.63) is 51.9 Å². The van der Waals surface area contributed by atoms with E-state index in [1.165, 1.54) is 18.0 Å². The van der Waals surface area contributed by atoms with Crippen molar-refractivity contribution in [2.75, 3.05) is 25.6 Å². The van der Waals surface area contributed by atoms with E-state index in [1.807, 2.05) is 18.2 Å². The Morgan fingerprint density at radius 3 is 2.82 bits per heavy atom. The lowest BCUT2D eigenvalue weighted by Crippen LogP contribution is -2.24. The van der Waals surface area contributed by atoms with Gasteiger partial charge in [-0.2, -0.15) is 9.78 Å². The number of para-hydroxylation sites is 1. The van der Waals surface area contributed by atoms with Crippen LogP contribution in [0.3, 0.4) is 0 Å². The Balaban J connectivity index is 2.09. The highest BCUT2D eigenvalue weighted by molar-refractivity contribution is 6.32. The number of rotatable bonds is 7. The summed E-state index contributed by atoms with van der Waals surface area (Å²) in [4.78, 5) is 12.2. The lowest BCUT2D eigenvalue weighted by atomic mass is 10.2. The van der Waals surface area contributed by atoms with Crippen LogP contribution >= 0.6 is 11.6 Å². The van der Waals surface area contributed by atoms with Crippen molar-refractivity contribution in [2.45, 2.75) is 12.5 Å².